The minimum atomic E-state index is -0.464. The van der Waals surface area contributed by atoms with Crippen LogP contribution in [0.25, 0.3) is 0 Å². The molecule has 1 atom stereocenters. The molecule has 0 aliphatic carbocycles. The Morgan fingerprint density at radius 1 is 1.23 bits per heavy atom. The van der Waals surface area contributed by atoms with Gasteiger partial charge in [0.25, 0.3) is 5.91 Å². The van der Waals surface area contributed by atoms with E-state index in [1.54, 1.807) is 11.8 Å². The molecule has 0 bridgehead atoms. The van der Waals surface area contributed by atoms with Crippen LogP contribution in [-0.2, 0) is 10.5 Å². The molecule has 0 saturated carbocycles. The van der Waals surface area contributed by atoms with E-state index in [1.165, 1.54) is 5.56 Å². The topological polar surface area (TPSA) is 38.3 Å². The van der Waals surface area contributed by atoms with Gasteiger partial charge in [0.2, 0.25) is 0 Å². The molecule has 3 nitrogen and oxygen atoms in total. The molecule has 0 aliphatic rings. The van der Waals surface area contributed by atoms with E-state index in [0.717, 1.165) is 33.4 Å². The van der Waals surface area contributed by atoms with Crippen LogP contribution in [0.2, 0.25) is 5.02 Å². The van der Waals surface area contributed by atoms with E-state index in [2.05, 4.69) is 11.4 Å². The molecule has 2 rings (SSSR count). The number of carbonyl (C=O) groups excluding carboxylic acids is 1. The average Bonchev–Trinajstić information content (AvgIpc) is 2.62. The molecule has 0 aromatic heterocycles. The minimum absolute atomic E-state index is 0.0586. The summed E-state index contributed by atoms with van der Waals surface area (Å²) in [6.07, 6.45) is 0.169. The summed E-state index contributed by atoms with van der Waals surface area (Å²) in [6.45, 7) is 6.59. The van der Waals surface area contributed by atoms with Gasteiger partial charge in [0.15, 0.2) is 6.10 Å². The summed E-state index contributed by atoms with van der Waals surface area (Å²) in [7, 11) is 0. The van der Waals surface area contributed by atoms with E-state index in [-0.39, 0.29) is 5.91 Å². The average molecular weight is 392 g/mol. The normalized spacial score (nSPS) is 11.8. The lowest BCUT2D eigenvalue weighted by molar-refractivity contribution is -0.128. The highest BCUT2D eigenvalue weighted by atomic mass is 35.5. The molecule has 26 heavy (non-hydrogen) atoms. The van der Waals surface area contributed by atoms with Gasteiger partial charge in [0.05, 0.1) is 0 Å². The maximum Gasteiger partial charge on any atom is 0.261 e. The van der Waals surface area contributed by atoms with E-state index < -0.39 is 6.10 Å². The van der Waals surface area contributed by atoms with Crippen LogP contribution in [0.3, 0.4) is 0 Å². The predicted molar refractivity (Wildman–Crippen MR) is 111 cm³/mol. The number of rotatable bonds is 9. The first-order valence-corrected chi connectivity index (χ1v) is 10.4. The van der Waals surface area contributed by atoms with Gasteiger partial charge in [-0.15, -0.1) is 0 Å². The molecule has 0 heterocycles. The molecular weight excluding hydrogens is 366 g/mol. The number of halogens is 1. The summed E-state index contributed by atoms with van der Waals surface area (Å²) in [5, 5.41) is 3.73. The van der Waals surface area contributed by atoms with Gasteiger partial charge in [-0.3, -0.25) is 4.79 Å². The van der Waals surface area contributed by atoms with Gasteiger partial charge in [0.1, 0.15) is 5.75 Å². The molecule has 0 spiro atoms. The van der Waals surface area contributed by atoms with Crippen LogP contribution in [0.15, 0.2) is 42.5 Å². The number of hydrogen-bond donors (Lipinski definition) is 1. The summed E-state index contributed by atoms with van der Waals surface area (Å²) >= 11 is 7.76. The third-order valence-corrected chi connectivity index (χ3v) is 5.24. The Kier molecular flexibility index (Phi) is 8.33. The number of nitrogens with one attached hydrogen (secondary N) is 1. The zero-order valence-electron chi connectivity index (χ0n) is 15.5. The number of thioether (sulfide) groups is 1. The van der Waals surface area contributed by atoms with Gasteiger partial charge in [-0.05, 0) is 55.2 Å². The number of benzene rings is 2. The molecule has 2 aromatic carbocycles. The summed E-state index contributed by atoms with van der Waals surface area (Å²) in [5.41, 5.74) is 3.36. The first-order valence-electron chi connectivity index (χ1n) is 8.83. The molecule has 5 heteroatoms. The fourth-order valence-electron chi connectivity index (χ4n) is 2.49. The summed E-state index contributed by atoms with van der Waals surface area (Å²) in [6, 6.07) is 13.9. The standard InChI is InChI=1S/C21H26ClNO2S/c1-4-19(25-20-12-15(2)8-9-16(20)3)21(24)23-10-11-26-14-17-6-5-7-18(22)13-17/h5-9,12-13,19H,4,10-11,14H2,1-3H3,(H,23,24)/t19-/m0/s1. The lowest BCUT2D eigenvalue weighted by Gasteiger charge is -2.19. The Hall–Kier alpha value is -1.65. The van der Waals surface area contributed by atoms with Crippen LogP contribution < -0.4 is 10.1 Å². The van der Waals surface area contributed by atoms with Crippen molar-refractivity contribution in [2.75, 3.05) is 12.3 Å². The lowest BCUT2D eigenvalue weighted by atomic mass is 10.1. The van der Waals surface area contributed by atoms with E-state index in [0.29, 0.717) is 13.0 Å². The summed E-state index contributed by atoms with van der Waals surface area (Å²) in [4.78, 5) is 12.4. The Balaban J connectivity index is 1.75. The van der Waals surface area contributed by atoms with Crippen molar-refractivity contribution in [3.8, 4) is 5.75 Å². The molecule has 0 unspecified atom stereocenters. The van der Waals surface area contributed by atoms with E-state index in [4.69, 9.17) is 16.3 Å². The fourth-order valence-corrected chi connectivity index (χ4v) is 3.51. The van der Waals surface area contributed by atoms with Crippen LogP contribution in [0, 0.1) is 13.8 Å². The van der Waals surface area contributed by atoms with Crippen molar-refractivity contribution in [1.82, 2.24) is 5.32 Å². The molecule has 0 radical (unpaired) electrons. The molecule has 2 aromatic rings. The van der Waals surface area contributed by atoms with Crippen molar-refractivity contribution >= 4 is 29.3 Å². The summed E-state index contributed by atoms with van der Waals surface area (Å²) in [5.74, 6) is 2.45. The van der Waals surface area contributed by atoms with Gasteiger partial charge in [0, 0.05) is 23.1 Å². The number of aryl methyl sites for hydroxylation is 2. The van der Waals surface area contributed by atoms with Gasteiger partial charge >= 0.3 is 0 Å². The van der Waals surface area contributed by atoms with E-state index >= 15 is 0 Å². The first kappa shape index (κ1) is 20.7. The zero-order valence-corrected chi connectivity index (χ0v) is 17.1. The second-order valence-electron chi connectivity index (χ2n) is 6.26. The fraction of sp³-hybridized carbons (Fsp3) is 0.381. The highest BCUT2D eigenvalue weighted by molar-refractivity contribution is 7.98. The highest BCUT2D eigenvalue weighted by Gasteiger charge is 2.18. The molecule has 1 amide bonds. The summed E-state index contributed by atoms with van der Waals surface area (Å²) < 4.78 is 5.94. The van der Waals surface area contributed by atoms with Gasteiger partial charge in [-0.25, -0.2) is 0 Å². The Bertz CT molecular complexity index is 736. The maximum atomic E-state index is 12.4. The quantitative estimate of drug-likeness (QED) is 0.599. The van der Waals surface area contributed by atoms with E-state index in [1.807, 2.05) is 57.2 Å². The number of hydrogen-bond acceptors (Lipinski definition) is 3. The van der Waals surface area contributed by atoms with Crippen molar-refractivity contribution in [2.45, 2.75) is 39.0 Å². The first-order chi connectivity index (χ1) is 12.5. The van der Waals surface area contributed by atoms with Crippen molar-refractivity contribution in [3.63, 3.8) is 0 Å². The Morgan fingerprint density at radius 2 is 2.04 bits per heavy atom. The minimum Gasteiger partial charge on any atom is -0.480 e. The second-order valence-corrected chi connectivity index (χ2v) is 7.80. The smallest absolute Gasteiger partial charge is 0.261 e. The van der Waals surface area contributed by atoms with Crippen molar-refractivity contribution in [3.05, 3.63) is 64.2 Å². The molecule has 0 fully saturated rings. The Morgan fingerprint density at radius 3 is 2.77 bits per heavy atom. The number of ether oxygens (including phenoxy) is 1. The lowest BCUT2D eigenvalue weighted by Crippen LogP contribution is -2.39. The maximum absolute atomic E-state index is 12.4. The van der Waals surface area contributed by atoms with Crippen LogP contribution in [0.4, 0.5) is 0 Å². The third-order valence-electron chi connectivity index (χ3n) is 3.98. The van der Waals surface area contributed by atoms with E-state index in [9.17, 15) is 4.79 Å². The van der Waals surface area contributed by atoms with Crippen LogP contribution in [-0.4, -0.2) is 24.3 Å². The van der Waals surface area contributed by atoms with Gasteiger partial charge in [-0.1, -0.05) is 42.8 Å². The van der Waals surface area contributed by atoms with Gasteiger partial charge in [-0.2, -0.15) is 11.8 Å². The molecule has 0 aliphatic heterocycles. The van der Waals surface area contributed by atoms with Crippen molar-refractivity contribution < 1.29 is 9.53 Å². The zero-order chi connectivity index (χ0) is 18.9. The highest BCUT2D eigenvalue weighted by Crippen LogP contribution is 2.21. The molecule has 1 N–H and O–H groups in total. The van der Waals surface area contributed by atoms with Crippen molar-refractivity contribution in [1.29, 1.82) is 0 Å². The Labute approximate surface area is 165 Å². The number of amides is 1. The SMILES string of the molecule is CC[C@H](Oc1cc(C)ccc1C)C(=O)NCCSCc1cccc(Cl)c1. The van der Waals surface area contributed by atoms with Crippen LogP contribution in [0.5, 0.6) is 5.75 Å². The monoisotopic (exact) mass is 391 g/mol. The molecular formula is C21H26ClNO2S. The largest absolute Gasteiger partial charge is 0.480 e. The molecule has 140 valence electrons. The van der Waals surface area contributed by atoms with Gasteiger partial charge < -0.3 is 10.1 Å². The van der Waals surface area contributed by atoms with Crippen LogP contribution in [0.1, 0.15) is 30.0 Å². The third kappa shape index (κ3) is 6.58. The van der Waals surface area contributed by atoms with Crippen molar-refractivity contribution in [2.24, 2.45) is 0 Å². The number of carbonyl (C=O) groups is 1. The second kappa shape index (κ2) is 10.5. The predicted octanol–water partition coefficient (Wildman–Crippen LogP) is 5.16. The van der Waals surface area contributed by atoms with Crippen LogP contribution >= 0.6 is 23.4 Å². The molecule has 0 saturated heterocycles.